The monoisotopic (exact) mass is 485 g/mol. The number of rotatable bonds is 3. The van der Waals surface area contributed by atoms with E-state index in [2.05, 4.69) is 4.98 Å². The van der Waals surface area contributed by atoms with E-state index in [0.29, 0.717) is 24.1 Å². The largest absolute Gasteiger partial charge is 0.504 e. The molecule has 0 aliphatic heterocycles. The van der Waals surface area contributed by atoms with Crippen LogP contribution in [0, 0.1) is 11.8 Å². The Labute approximate surface area is 189 Å². The number of aliphatic hydroxyl groups excluding tert-OH is 1. The maximum absolute atomic E-state index is 16.0. The van der Waals surface area contributed by atoms with Gasteiger partial charge < -0.3 is 15.8 Å². The van der Waals surface area contributed by atoms with Gasteiger partial charge in [-0.1, -0.05) is 6.92 Å². The lowest BCUT2D eigenvalue weighted by atomic mass is 9.64. The third-order valence-corrected chi connectivity index (χ3v) is 8.92. The van der Waals surface area contributed by atoms with Crippen molar-refractivity contribution in [2.24, 2.45) is 17.6 Å². The molecule has 2 aromatic heterocycles. The molecule has 178 valence electrons. The van der Waals surface area contributed by atoms with Gasteiger partial charge in [-0.05, 0) is 55.6 Å². The molecule has 2 aromatic rings. The number of nitrogens with one attached hydrogen (secondary N) is 2. The van der Waals surface area contributed by atoms with Crippen molar-refractivity contribution in [3.63, 3.8) is 0 Å². The van der Waals surface area contributed by atoms with E-state index in [1.807, 2.05) is 4.98 Å². The van der Waals surface area contributed by atoms with Crippen molar-refractivity contribution >= 4 is 17.1 Å². The Bertz CT molecular complexity index is 1270. The van der Waals surface area contributed by atoms with Crippen LogP contribution in [0.4, 0.5) is 17.6 Å². The van der Waals surface area contributed by atoms with Gasteiger partial charge >= 0.3 is 11.9 Å². The minimum atomic E-state index is -4.49. The number of alkyl halides is 3. The molecule has 5 rings (SSSR count). The molecule has 33 heavy (non-hydrogen) atoms. The second-order valence-corrected chi connectivity index (χ2v) is 10.5. The van der Waals surface area contributed by atoms with Crippen molar-refractivity contribution in [1.82, 2.24) is 9.97 Å². The van der Waals surface area contributed by atoms with Gasteiger partial charge in [0.25, 0.3) is 5.56 Å². The van der Waals surface area contributed by atoms with Crippen LogP contribution in [0.25, 0.3) is 5.76 Å². The molecule has 5 N–H and O–H groups in total. The van der Waals surface area contributed by atoms with Gasteiger partial charge in [0.05, 0.1) is 5.41 Å². The zero-order valence-electron chi connectivity index (χ0n) is 17.7. The lowest BCUT2D eigenvalue weighted by molar-refractivity contribution is -0.159. The van der Waals surface area contributed by atoms with E-state index in [1.165, 1.54) is 11.3 Å². The molecule has 0 radical (unpaired) electrons. The highest BCUT2D eigenvalue weighted by Crippen LogP contribution is 2.63. The van der Waals surface area contributed by atoms with Crippen LogP contribution >= 0.6 is 11.3 Å². The van der Waals surface area contributed by atoms with E-state index in [-0.39, 0.29) is 30.0 Å². The van der Waals surface area contributed by atoms with Crippen molar-refractivity contribution in [1.29, 1.82) is 0 Å². The van der Waals surface area contributed by atoms with Crippen LogP contribution in [0.2, 0.25) is 0 Å². The average molecular weight is 486 g/mol. The van der Waals surface area contributed by atoms with E-state index in [0.717, 1.165) is 10.4 Å². The zero-order chi connectivity index (χ0) is 23.9. The van der Waals surface area contributed by atoms with E-state index in [9.17, 15) is 27.9 Å². The normalized spacial score (nSPS) is 28.4. The smallest absolute Gasteiger partial charge is 0.403 e. The predicted molar refractivity (Wildman–Crippen MR) is 115 cm³/mol. The summed E-state index contributed by atoms with van der Waals surface area (Å²) >= 11 is 1.34. The summed E-state index contributed by atoms with van der Waals surface area (Å²) in [7, 11) is 0. The molecule has 6 nitrogen and oxygen atoms in total. The van der Waals surface area contributed by atoms with Crippen molar-refractivity contribution in [3.05, 3.63) is 59.3 Å². The fourth-order valence-electron chi connectivity index (χ4n) is 5.71. The van der Waals surface area contributed by atoms with Gasteiger partial charge in [-0.3, -0.25) is 9.78 Å². The Morgan fingerprint density at radius 1 is 1.24 bits per heavy atom. The summed E-state index contributed by atoms with van der Waals surface area (Å²) in [5.41, 5.74) is 3.16. The Morgan fingerprint density at radius 3 is 2.58 bits per heavy atom. The standard InChI is InChI=1S/C22H23F4N3O3S/c1-8-15-14(19(31)29-20(32)28-15)16(30)17(23)21(8,11-3-4-11)13-7-10-6-9(2-5-12(10)33-13)18(27)22(24,25)26/h7-9,11,18,30H,2-6,27H2,1H3,(H2,28,29,31,32). The van der Waals surface area contributed by atoms with Gasteiger partial charge in [0.15, 0.2) is 11.6 Å². The van der Waals surface area contributed by atoms with Crippen molar-refractivity contribution in [3.8, 4) is 0 Å². The van der Waals surface area contributed by atoms with Gasteiger partial charge in [-0.15, -0.1) is 11.3 Å². The van der Waals surface area contributed by atoms with Gasteiger partial charge in [0.1, 0.15) is 11.6 Å². The molecule has 0 spiro atoms. The summed E-state index contributed by atoms with van der Waals surface area (Å²) in [4.78, 5) is 30.4. The summed E-state index contributed by atoms with van der Waals surface area (Å²) < 4.78 is 55.5. The SMILES string of the molecule is CC1c2[nH]c(=O)[nH]c(=O)c2C(O)=C(F)C1(c1cc2c(s1)CCC(C(N)C(F)(F)F)C2)C1CC1. The number of fused-ring (bicyclic) bond motifs is 2. The predicted octanol–water partition coefficient (Wildman–Crippen LogP) is 3.78. The minimum absolute atomic E-state index is 0.145. The number of aliphatic hydroxyl groups is 1. The topological polar surface area (TPSA) is 112 Å². The molecule has 0 saturated heterocycles. The summed E-state index contributed by atoms with van der Waals surface area (Å²) in [6.45, 7) is 1.71. The summed E-state index contributed by atoms with van der Waals surface area (Å²) in [5.74, 6) is -3.22. The van der Waals surface area contributed by atoms with Crippen LogP contribution in [0.3, 0.4) is 0 Å². The van der Waals surface area contributed by atoms with E-state index >= 15 is 4.39 Å². The van der Waals surface area contributed by atoms with E-state index in [1.54, 1.807) is 13.0 Å². The number of halogens is 4. The Balaban J connectivity index is 1.63. The maximum atomic E-state index is 16.0. The molecule has 11 heteroatoms. The van der Waals surface area contributed by atoms with Crippen LogP contribution < -0.4 is 17.0 Å². The second kappa shape index (κ2) is 7.30. The second-order valence-electron chi connectivity index (χ2n) is 9.35. The first kappa shape index (κ1) is 22.4. The highest BCUT2D eigenvalue weighted by Gasteiger charge is 2.59. The van der Waals surface area contributed by atoms with Crippen LogP contribution in [0.15, 0.2) is 21.5 Å². The molecule has 0 aromatic carbocycles. The number of aromatic nitrogens is 2. The van der Waals surface area contributed by atoms with Crippen molar-refractivity contribution in [2.45, 2.75) is 62.6 Å². The lowest BCUT2D eigenvalue weighted by Gasteiger charge is -2.41. The number of hydrogen-bond donors (Lipinski definition) is 4. The highest BCUT2D eigenvalue weighted by molar-refractivity contribution is 7.12. The number of allylic oxidation sites excluding steroid dienone is 1. The first-order valence-corrected chi connectivity index (χ1v) is 11.7. The number of hydrogen-bond acceptors (Lipinski definition) is 5. The average Bonchev–Trinajstić information content (AvgIpc) is 3.49. The maximum Gasteiger partial charge on any atom is 0.403 e. The molecule has 4 atom stereocenters. The molecule has 4 unspecified atom stereocenters. The summed E-state index contributed by atoms with van der Waals surface area (Å²) in [6, 6.07) is -0.183. The molecule has 0 bridgehead atoms. The zero-order valence-corrected chi connectivity index (χ0v) is 18.5. The van der Waals surface area contributed by atoms with Crippen molar-refractivity contribution in [2.75, 3.05) is 0 Å². The lowest BCUT2D eigenvalue weighted by Crippen LogP contribution is -2.45. The fourth-order valence-corrected chi connectivity index (χ4v) is 7.27. The van der Waals surface area contributed by atoms with Gasteiger partial charge in [0, 0.05) is 21.4 Å². The first-order valence-electron chi connectivity index (χ1n) is 10.9. The van der Waals surface area contributed by atoms with E-state index in [4.69, 9.17) is 5.73 Å². The fraction of sp³-hybridized carbons (Fsp3) is 0.545. The Morgan fingerprint density at radius 2 is 1.94 bits per heavy atom. The number of nitrogens with two attached hydrogens (primary N) is 1. The molecule has 2 heterocycles. The molecular formula is C22H23F4N3O3S. The number of aryl methyl sites for hydroxylation is 1. The van der Waals surface area contributed by atoms with Gasteiger partial charge in [-0.25, -0.2) is 9.18 Å². The third kappa shape index (κ3) is 3.23. The summed E-state index contributed by atoms with van der Waals surface area (Å²) in [6.07, 6.45) is -2.26. The van der Waals surface area contributed by atoms with Crippen LogP contribution in [-0.4, -0.2) is 27.3 Å². The van der Waals surface area contributed by atoms with Gasteiger partial charge in [0.2, 0.25) is 0 Å². The van der Waals surface area contributed by atoms with Crippen LogP contribution in [0.1, 0.15) is 58.7 Å². The van der Waals surface area contributed by atoms with Crippen LogP contribution in [0.5, 0.6) is 0 Å². The molecule has 1 fully saturated rings. The summed E-state index contributed by atoms with van der Waals surface area (Å²) in [5, 5.41) is 10.7. The Kier molecular flexibility index (Phi) is 4.95. The molecule has 0 amide bonds. The third-order valence-electron chi connectivity index (χ3n) is 7.53. The number of H-pyrrole nitrogens is 2. The molecule has 3 aliphatic rings. The minimum Gasteiger partial charge on any atom is -0.504 e. The molecule has 1 saturated carbocycles. The molecular weight excluding hydrogens is 462 g/mol. The number of aromatic amines is 2. The molecule has 3 aliphatic carbocycles. The van der Waals surface area contributed by atoms with E-state index < -0.39 is 52.3 Å². The van der Waals surface area contributed by atoms with Gasteiger partial charge in [-0.2, -0.15) is 13.2 Å². The first-order chi connectivity index (χ1) is 15.5. The van der Waals surface area contributed by atoms with Crippen LogP contribution in [-0.2, 0) is 18.3 Å². The number of thiophene rings is 1. The highest BCUT2D eigenvalue weighted by atomic mass is 32.1. The quantitative estimate of drug-likeness (QED) is 0.496. The Hall–Kier alpha value is -2.40. The van der Waals surface area contributed by atoms with Crippen molar-refractivity contribution < 1.29 is 22.7 Å².